The summed E-state index contributed by atoms with van der Waals surface area (Å²) in [7, 11) is 0. The van der Waals surface area contributed by atoms with Crippen molar-refractivity contribution in [3.8, 4) is 0 Å². The van der Waals surface area contributed by atoms with Crippen LogP contribution in [0.15, 0.2) is 0 Å². The smallest absolute Gasteiger partial charge is 0.870 e. The number of hydrogen-bond acceptors (Lipinski definition) is 4. The zero-order valence-electron chi connectivity index (χ0n) is 4.59. The zero-order valence-corrected chi connectivity index (χ0v) is 10.2. The van der Waals surface area contributed by atoms with Gasteiger partial charge in [-0.2, -0.15) is 0 Å². The Labute approximate surface area is 128 Å². The molecule has 0 rings (SSSR count). The van der Waals surface area contributed by atoms with E-state index in [1.807, 2.05) is 0 Å². The normalized spacial score (nSPS) is 0. The molecule has 0 atom stereocenters. The molecule has 0 saturated carbocycles. The quantitative estimate of drug-likeness (QED) is 0.380. The Bertz CT molecular complexity index is 16.0. The summed E-state index contributed by atoms with van der Waals surface area (Å²) in [6.45, 7) is 0. The third kappa shape index (κ3) is 58.7. The molecular weight excluding hydrogens is 221 g/mol. The van der Waals surface area contributed by atoms with Crippen LogP contribution in [0.1, 0.15) is 0 Å². The first-order valence-corrected chi connectivity index (χ1v) is 0. The van der Waals surface area contributed by atoms with Crippen LogP contribution in [0.5, 0.6) is 0 Å². The molecular formula is H4CuKLiO4Ti. The first-order chi connectivity index (χ1) is 0. The summed E-state index contributed by atoms with van der Waals surface area (Å²) in [5.74, 6) is 0. The maximum Gasteiger partial charge on any atom is 2.00 e. The Kier molecular flexibility index (Phi) is 1120. The Morgan fingerprint density at radius 3 is 0.625 bits per heavy atom. The van der Waals surface area contributed by atoms with Gasteiger partial charge in [0.15, 0.2) is 0 Å². The van der Waals surface area contributed by atoms with Crippen LogP contribution in [-0.2, 0) is 38.8 Å². The van der Waals surface area contributed by atoms with Crippen LogP contribution in [0.4, 0.5) is 0 Å². The van der Waals surface area contributed by atoms with Crippen molar-refractivity contribution in [2.75, 3.05) is 0 Å². The minimum Gasteiger partial charge on any atom is -0.870 e. The van der Waals surface area contributed by atoms with E-state index in [-0.39, 0.29) is 131 Å². The summed E-state index contributed by atoms with van der Waals surface area (Å²) in [4.78, 5) is 0. The molecule has 4 nitrogen and oxygen atoms in total. The summed E-state index contributed by atoms with van der Waals surface area (Å²) in [5, 5.41) is 0. The Morgan fingerprint density at radius 1 is 0.625 bits per heavy atom. The molecule has 0 aromatic carbocycles. The largest absolute Gasteiger partial charge is 2.00 e. The second-order valence-electron chi connectivity index (χ2n) is 0. The predicted octanol–water partition coefficient (Wildman–Crippen LogP) is -6.70. The average molecular weight is 225 g/mol. The van der Waals surface area contributed by atoms with Gasteiger partial charge in [0.1, 0.15) is 0 Å². The van der Waals surface area contributed by atoms with Crippen molar-refractivity contribution in [1.29, 1.82) is 0 Å². The third-order valence-electron chi connectivity index (χ3n) is 0. The van der Waals surface area contributed by atoms with Crippen LogP contribution in [0.3, 0.4) is 0 Å². The van der Waals surface area contributed by atoms with Gasteiger partial charge in [0.2, 0.25) is 0 Å². The summed E-state index contributed by atoms with van der Waals surface area (Å²) in [6.07, 6.45) is 0. The molecule has 0 aliphatic carbocycles. The van der Waals surface area contributed by atoms with E-state index in [0.29, 0.717) is 0 Å². The van der Waals surface area contributed by atoms with Gasteiger partial charge in [-0.05, 0) is 0 Å². The van der Waals surface area contributed by atoms with Crippen LogP contribution in [0.25, 0.3) is 0 Å². The SMILES string of the molecule is [Cu+2].[K+].[Li+].[OH-].[OH-].[OH-].[OH-].[Ti]. The van der Waals surface area contributed by atoms with Gasteiger partial charge in [0, 0.05) is 21.7 Å². The molecule has 0 spiro atoms. The maximum atomic E-state index is 0. The van der Waals surface area contributed by atoms with Crippen LogP contribution in [0.2, 0.25) is 0 Å². The number of hydrogen-bond donors (Lipinski definition) is 0. The van der Waals surface area contributed by atoms with Gasteiger partial charge < -0.3 is 21.9 Å². The van der Waals surface area contributed by atoms with Crippen LogP contribution < -0.4 is 70.2 Å². The second kappa shape index (κ2) is 81.6. The van der Waals surface area contributed by atoms with Crippen molar-refractivity contribution in [3.63, 3.8) is 0 Å². The molecule has 0 aromatic heterocycles. The predicted molar refractivity (Wildman–Crippen MR) is 7.74 cm³/mol. The van der Waals surface area contributed by atoms with Crippen molar-refractivity contribution in [2.24, 2.45) is 0 Å². The summed E-state index contributed by atoms with van der Waals surface area (Å²) in [6, 6.07) is 0. The topological polar surface area (TPSA) is 120 Å². The fraction of sp³-hybridized carbons (Fsp3) is 0. The molecule has 0 bridgehead atoms. The van der Waals surface area contributed by atoms with E-state index in [9.17, 15) is 0 Å². The molecule has 4 N–H and O–H groups in total. The third-order valence-corrected chi connectivity index (χ3v) is 0. The minimum absolute atomic E-state index is 0. The first kappa shape index (κ1) is 110. The number of rotatable bonds is 0. The summed E-state index contributed by atoms with van der Waals surface area (Å²) < 4.78 is 0. The zero-order chi connectivity index (χ0) is 0. The van der Waals surface area contributed by atoms with Crippen LogP contribution >= 0.6 is 0 Å². The second-order valence-corrected chi connectivity index (χ2v) is 0. The molecule has 0 amide bonds. The molecule has 0 fully saturated rings. The Hall–Kier alpha value is 3.31. The minimum atomic E-state index is 0. The molecule has 8 heavy (non-hydrogen) atoms. The van der Waals surface area contributed by atoms with Crippen molar-refractivity contribution in [1.82, 2.24) is 0 Å². The maximum absolute atomic E-state index is 0. The average Bonchev–Trinajstić information content (AvgIpc) is 0. The van der Waals surface area contributed by atoms with Crippen molar-refractivity contribution < 1.29 is 131 Å². The van der Waals surface area contributed by atoms with E-state index in [1.165, 1.54) is 0 Å². The van der Waals surface area contributed by atoms with E-state index < -0.39 is 0 Å². The first-order valence-electron chi connectivity index (χ1n) is 0. The van der Waals surface area contributed by atoms with Gasteiger partial charge in [-0.1, -0.05) is 0 Å². The van der Waals surface area contributed by atoms with Gasteiger partial charge in [-0.15, -0.1) is 0 Å². The monoisotopic (exact) mass is 225 g/mol. The molecule has 1 radical (unpaired) electrons. The molecule has 0 heterocycles. The Morgan fingerprint density at radius 2 is 0.625 bits per heavy atom. The fourth-order valence-corrected chi connectivity index (χ4v) is 0. The van der Waals surface area contributed by atoms with Crippen LogP contribution in [0, 0.1) is 0 Å². The van der Waals surface area contributed by atoms with Crippen molar-refractivity contribution in [2.45, 2.75) is 0 Å². The van der Waals surface area contributed by atoms with E-state index in [0.717, 1.165) is 0 Å². The van der Waals surface area contributed by atoms with E-state index in [1.54, 1.807) is 0 Å². The Balaban J connectivity index is 0. The van der Waals surface area contributed by atoms with Gasteiger partial charge in [0.05, 0.1) is 0 Å². The van der Waals surface area contributed by atoms with E-state index in [2.05, 4.69) is 0 Å². The molecule has 0 aliphatic rings. The van der Waals surface area contributed by atoms with Gasteiger partial charge in [-0.3, -0.25) is 0 Å². The molecule has 0 saturated heterocycles. The molecule has 0 aliphatic heterocycles. The fourth-order valence-electron chi connectivity index (χ4n) is 0. The van der Waals surface area contributed by atoms with Crippen LogP contribution in [-0.4, -0.2) is 21.9 Å². The van der Waals surface area contributed by atoms with E-state index >= 15 is 0 Å². The van der Waals surface area contributed by atoms with Gasteiger partial charge in [-0.25, -0.2) is 0 Å². The summed E-state index contributed by atoms with van der Waals surface area (Å²) in [5.41, 5.74) is 0. The molecule has 45 valence electrons. The van der Waals surface area contributed by atoms with Gasteiger partial charge in [0.25, 0.3) is 0 Å². The molecule has 0 unspecified atom stereocenters. The van der Waals surface area contributed by atoms with Crippen molar-refractivity contribution in [3.05, 3.63) is 0 Å². The standard InChI is InChI=1S/Cu.K.Li.4H2O.Ti/h;;;4*1H2;/q+2;2*+1;;;;;/p-4. The van der Waals surface area contributed by atoms with Gasteiger partial charge >= 0.3 is 87.3 Å². The molecule has 8 heteroatoms. The van der Waals surface area contributed by atoms with E-state index in [4.69, 9.17) is 0 Å². The molecule has 0 aromatic rings. The van der Waals surface area contributed by atoms with Crippen molar-refractivity contribution >= 4 is 0 Å². The summed E-state index contributed by atoms with van der Waals surface area (Å²) >= 11 is 0.